The molecule has 2 aliphatic heterocycles. The molecule has 0 N–H and O–H groups in total. The van der Waals surface area contributed by atoms with Gasteiger partial charge in [0, 0.05) is 17.7 Å². The number of fused-ring (bicyclic) bond motifs is 3. The van der Waals surface area contributed by atoms with Crippen molar-refractivity contribution in [2.45, 2.75) is 31.8 Å². The number of likely N-dealkylation sites (tertiary alicyclic amines) is 1. The topological polar surface area (TPSA) is 44.1 Å². The number of benzene rings is 3. The summed E-state index contributed by atoms with van der Waals surface area (Å²) >= 11 is 6.41. The zero-order chi connectivity index (χ0) is 23.2. The lowest BCUT2D eigenvalue weighted by Gasteiger charge is -2.44. The third-order valence-corrected chi connectivity index (χ3v) is 7.54. The van der Waals surface area contributed by atoms with Crippen LogP contribution in [0.5, 0.6) is 0 Å². The largest absolute Gasteiger partial charge is 0.322 e. The van der Waals surface area contributed by atoms with E-state index in [-0.39, 0.29) is 17.9 Å². The minimum absolute atomic E-state index is 0.0126. The van der Waals surface area contributed by atoms with Gasteiger partial charge in [-0.2, -0.15) is 5.26 Å². The van der Waals surface area contributed by atoms with E-state index in [0.29, 0.717) is 16.1 Å². The third kappa shape index (κ3) is 3.93. The van der Waals surface area contributed by atoms with Crippen molar-refractivity contribution in [2.75, 3.05) is 25.0 Å². The van der Waals surface area contributed by atoms with Crippen LogP contribution in [0.15, 0.2) is 66.7 Å². The molecule has 0 spiro atoms. The Labute approximate surface area is 200 Å². The van der Waals surface area contributed by atoms with Crippen molar-refractivity contribution < 1.29 is 9.28 Å². The molecule has 0 aromatic heterocycles. The average Bonchev–Trinajstić information content (AvgIpc) is 3.11. The molecular weight excluding hydrogens is 430 g/mol. The summed E-state index contributed by atoms with van der Waals surface area (Å²) in [6.45, 7) is 4.98. The number of hydrogen-bond donors (Lipinski definition) is 0. The third-order valence-electron chi connectivity index (χ3n) is 7.21. The Balaban J connectivity index is 1.47. The molecule has 3 atom stereocenters. The van der Waals surface area contributed by atoms with Crippen molar-refractivity contribution in [1.29, 1.82) is 5.26 Å². The minimum Gasteiger partial charge on any atom is -0.322 e. The van der Waals surface area contributed by atoms with Crippen LogP contribution in [-0.4, -0.2) is 36.6 Å². The quantitative estimate of drug-likeness (QED) is 0.475. The lowest BCUT2D eigenvalue weighted by molar-refractivity contribution is -0.928. The van der Waals surface area contributed by atoms with Crippen molar-refractivity contribution >= 4 is 23.2 Å². The van der Waals surface area contributed by atoms with Crippen LogP contribution in [0.3, 0.4) is 0 Å². The second kappa shape index (κ2) is 8.33. The van der Waals surface area contributed by atoms with E-state index in [1.54, 1.807) is 6.07 Å². The lowest BCUT2D eigenvalue weighted by atomic mass is 9.87. The van der Waals surface area contributed by atoms with Crippen LogP contribution < -0.4 is 4.90 Å². The predicted octanol–water partition coefficient (Wildman–Crippen LogP) is 5.68. The minimum atomic E-state index is -0.0126. The summed E-state index contributed by atoms with van der Waals surface area (Å²) in [7, 11) is 2.31. The number of anilines is 1. The summed E-state index contributed by atoms with van der Waals surface area (Å²) in [5.74, 6) is 0.268. The van der Waals surface area contributed by atoms with Crippen molar-refractivity contribution in [3.8, 4) is 6.07 Å². The molecule has 1 fully saturated rings. The van der Waals surface area contributed by atoms with E-state index in [9.17, 15) is 4.79 Å². The van der Waals surface area contributed by atoms with E-state index in [2.05, 4.69) is 50.4 Å². The highest BCUT2D eigenvalue weighted by atomic mass is 35.5. The summed E-state index contributed by atoms with van der Waals surface area (Å²) in [6, 6.07) is 24.0. The maximum atomic E-state index is 13.7. The van der Waals surface area contributed by atoms with Crippen LogP contribution in [0.1, 0.15) is 45.0 Å². The molecule has 1 saturated heterocycles. The monoisotopic (exact) mass is 456 g/mol. The second-order valence-electron chi connectivity index (χ2n) is 9.67. The molecule has 3 aromatic rings. The van der Waals surface area contributed by atoms with E-state index < -0.39 is 0 Å². The fourth-order valence-corrected chi connectivity index (χ4v) is 5.83. The molecule has 3 aromatic carbocycles. The highest BCUT2D eigenvalue weighted by Gasteiger charge is 2.49. The zero-order valence-electron chi connectivity index (χ0n) is 19.0. The number of likely N-dealkylation sites (N-methyl/N-ethyl adjacent to an activating group) is 1. The smallest absolute Gasteiger partial charge is 0.260 e. The van der Waals surface area contributed by atoms with Crippen LogP contribution in [0.4, 0.5) is 5.69 Å². The van der Waals surface area contributed by atoms with E-state index in [1.807, 2.05) is 35.2 Å². The Morgan fingerprint density at radius 3 is 2.64 bits per heavy atom. The molecule has 166 valence electrons. The molecule has 0 saturated carbocycles. The molecule has 2 aliphatic rings. The molecule has 5 rings (SSSR count). The number of carbonyl (C=O) groups excluding carboxylic acids is 1. The number of piperidine rings is 1. The van der Waals surface area contributed by atoms with Gasteiger partial charge in [0.15, 0.2) is 0 Å². The first-order valence-electron chi connectivity index (χ1n) is 11.4. The van der Waals surface area contributed by atoms with Crippen LogP contribution in [-0.2, 0) is 6.54 Å². The summed E-state index contributed by atoms with van der Waals surface area (Å²) in [6.07, 6.45) is 0.932. The SMILES string of the molecule is Cc1ccc2c(c1)[C@@H]1C[N@+](C)(Cc3ccc(C#N)cc3)CC[C@@H]1N2C(=O)c1ccccc1Cl. The van der Waals surface area contributed by atoms with E-state index in [4.69, 9.17) is 16.9 Å². The van der Waals surface area contributed by atoms with Crippen LogP contribution in [0, 0.1) is 18.3 Å². The summed E-state index contributed by atoms with van der Waals surface area (Å²) in [4.78, 5) is 15.7. The summed E-state index contributed by atoms with van der Waals surface area (Å²) in [5, 5.41) is 9.59. The zero-order valence-corrected chi connectivity index (χ0v) is 19.7. The number of quaternary nitrogens is 1. The second-order valence-corrected chi connectivity index (χ2v) is 10.1. The van der Waals surface area contributed by atoms with E-state index in [1.165, 1.54) is 16.7 Å². The first-order valence-corrected chi connectivity index (χ1v) is 11.8. The van der Waals surface area contributed by atoms with Gasteiger partial charge in [0.2, 0.25) is 0 Å². The number of halogens is 1. The van der Waals surface area contributed by atoms with Crippen molar-refractivity contribution in [1.82, 2.24) is 0 Å². The van der Waals surface area contributed by atoms with Crippen LogP contribution in [0.2, 0.25) is 5.02 Å². The molecule has 33 heavy (non-hydrogen) atoms. The molecule has 1 amide bonds. The molecule has 5 heteroatoms. The maximum Gasteiger partial charge on any atom is 0.260 e. The maximum absolute atomic E-state index is 13.7. The number of amides is 1. The van der Waals surface area contributed by atoms with Gasteiger partial charge in [-0.25, -0.2) is 0 Å². The highest BCUT2D eigenvalue weighted by molar-refractivity contribution is 6.34. The van der Waals surface area contributed by atoms with Gasteiger partial charge in [-0.05, 0) is 42.8 Å². The van der Waals surface area contributed by atoms with Crippen molar-refractivity contribution in [2.24, 2.45) is 0 Å². The first-order chi connectivity index (χ1) is 15.9. The van der Waals surface area contributed by atoms with E-state index >= 15 is 0 Å². The summed E-state index contributed by atoms with van der Waals surface area (Å²) < 4.78 is 0.911. The van der Waals surface area contributed by atoms with E-state index in [0.717, 1.165) is 36.2 Å². The predicted molar refractivity (Wildman–Crippen MR) is 131 cm³/mol. The van der Waals surface area contributed by atoms with Gasteiger partial charge < -0.3 is 9.38 Å². The Hall–Kier alpha value is -3.13. The molecule has 0 aliphatic carbocycles. The Morgan fingerprint density at radius 1 is 1.15 bits per heavy atom. The standard InChI is InChI=1S/C28H27ClN3O/c1-19-7-12-26-23(15-19)24-18-32(2,17-21-10-8-20(16-30)9-11-21)14-13-27(24)31(26)28(33)22-5-3-4-6-25(22)29/h3-12,15,24,27H,13-14,17-18H2,1-2H3/q+1/t24-,27-,32-/m0/s1. The molecular formula is C28H27ClN3O+. The van der Waals surface area contributed by atoms with Gasteiger partial charge in [0.1, 0.15) is 6.54 Å². The van der Waals surface area contributed by atoms with Gasteiger partial charge in [-0.3, -0.25) is 4.79 Å². The molecule has 2 heterocycles. The Morgan fingerprint density at radius 2 is 1.91 bits per heavy atom. The van der Waals surface area contributed by atoms with Gasteiger partial charge in [-0.15, -0.1) is 0 Å². The first kappa shape index (κ1) is 21.7. The van der Waals surface area contributed by atoms with Gasteiger partial charge in [0.25, 0.3) is 5.91 Å². The average molecular weight is 457 g/mol. The Kier molecular flexibility index (Phi) is 5.48. The number of aryl methyl sites for hydroxylation is 1. The van der Waals surface area contributed by atoms with Crippen LogP contribution >= 0.6 is 11.6 Å². The fourth-order valence-electron chi connectivity index (χ4n) is 5.61. The summed E-state index contributed by atoms with van der Waals surface area (Å²) in [5.41, 5.74) is 5.99. The number of nitriles is 1. The van der Waals surface area contributed by atoms with Crippen molar-refractivity contribution in [3.05, 3.63) is 99.6 Å². The van der Waals surface area contributed by atoms with Gasteiger partial charge in [0.05, 0.1) is 54.3 Å². The molecule has 0 unspecified atom stereocenters. The molecule has 0 radical (unpaired) electrons. The van der Waals surface area contributed by atoms with Gasteiger partial charge in [-0.1, -0.05) is 53.6 Å². The number of nitrogens with zero attached hydrogens (tertiary/aromatic N) is 3. The van der Waals surface area contributed by atoms with Crippen molar-refractivity contribution in [3.63, 3.8) is 0 Å². The number of carbonyl (C=O) groups is 1. The number of hydrogen-bond acceptors (Lipinski definition) is 2. The number of rotatable bonds is 3. The molecule has 4 nitrogen and oxygen atoms in total. The van der Waals surface area contributed by atoms with Crippen LogP contribution in [0.25, 0.3) is 0 Å². The van der Waals surface area contributed by atoms with Gasteiger partial charge >= 0.3 is 0 Å². The lowest BCUT2D eigenvalue weighted by Crippen LogP contribution is -2.56. The Bertz CT molecular complexity index is 1260. The highest BCUT2D eigenvalue weighted by Crippen LogP contribution is 2.47. The fraction of sp³-hybridized carbons (Fsp3) is 0.286. The molecule has 0 bridgehead atoms. The normalized spacial score (nSPS) is 23.5.